The summed E-state index contributed by atoms with van der Waals surface area (Å²) in [6.45, 7) is 0.391. The van der Waals surface area contributed by atoms with Gasteiger partial charge in [-0.25, -0.2) is 4.79 Å². The third-order valence-corrected chi connectivity index (χ3v) is 6.67. The van der Waals surface area contributed by atoms with Crippen molar-refractivity contribution in [2.75, 3.05) is 25.5 Å². The number of nitrogens with zero attached hydrogens (tertiary/aromatic N) is 3. The van der Waals surface area contributed by atoms with Gasteiger partial charge in [0.25, 0.3) is 0 Å². The number of imidazole rings is 1. The zero-order valence-corrected chi connectivity index (χ0v) is 20.2. The normalized spacial score (nSPS) is 12.2. The van der Waals surface area contributed by atoms with Gasteiger partial charge in [-0.1, -0.05) is 42.5 Å². The third-order valence-electron chi connectivity index (χ3n) is 6.67. The Labute approximate surface area is 203 Å². The number of hydrogen-bond acceptors (Lipinski definition) is 3. The van der Waals surface area contributed by atoms with Crippen LogP contribution in [0.25, 0.3) is 21.9 Å². The van der Waals surface area contributed by atoms with Crippen LogP contribution < -0.4 is 15.9 Å². The van der Waals surface area contributed by atoms with Crippen molar-refractivity contribution in [2.45, 2.75) is 12.5 Å². The summed E-state index contributed by atoms with van der Waals surface area (Å²) in [5, 5.41) is 4.22. The van der Waals surface area contributed by atoms with Gasteiger partial charge >= 0.3 is 5.69 Å². The fourth-order valence-electron chi connectivity index (χ4n) is 4.73. The summed E-state index contributed by atoms with van der Waals surface area (Å²) in [4.78, 5) is 31.2. The zero-order valence-electron chi connectivity index (χ0n) is 20.2. The molecule has 5 rings (SSSR count). The van der Waals surface area contributed by atoms with Crippen molar-refractivity contribution in [3.05, 3.63) is 101 Å². The van der Waals surface area contributed by atoms with E-state index in [2.05, 4.69) is 51.6 Å². The van der Waals surface area contributed by atoms with Crippen molar-refractivity contribution in [1.29, 1.82) is 0 Å². The summed E-state index contributed by atoms with van der Waals surface area (Å²) < 4.78 is 3.10. The van der Waals surface area contributed by atoms with E-state index < -0.39 is 0 Å². The summed E-state index contributed by atoms with van der Waals surface area (Å²) in [5.41, 5.74) is 5.78. The molecular formula is C28H29N5O2. The molecule has 7 heteroatoms. The molecule has 0 saturated heterocycles. The third kappa shape index (κ3) is 4.21. The van der Waals surface area contributed by atoms with Crippen LogP contribution in [-0.4, -0.2) is 40.7 Å². The summed E-state index contributed by atoms with van der Waals surface area (Å²) in [5.74, 6) is -0.242. The second-order valence-electron chi connectivity index (χ2n) is 9.05. The second-order valence-corrected chi connectivity index (χ2v) is 9.05. The molecule has 2 heterocycles. The predicted molar refractivity (Wildman–Crippen MR) is 141 cm³/mol. The molecule has 0 bridgehead atoms. The van der Waals surface area contributed by atoms with Crippen LogP contribution in [0.2, 0.25) is 0 Å². The molecule has 3 aromatic carbocycles. The Morgan fingerprint density at radius 3 is 2.40 bits per heavy atom. The molecule has 1 unspecified atom stereocenters. The van der Waals surface area contributed by atoms with Gasteiger partial charge in [-0.3, -0.25) is 13.9 Å². The van der Waals surface area contributed by atoms with E-state index >= 15 is 0 Å². The van der Waals surface area contributed by atoms with Gasteiger partial charge in [0.05, 0.1) is 11.0 Å². The highest BCUT2D eigenvalue weighted by Crippen LogP contribution is 2.31. The Morgan fingerprint density at radius 2 is 1.66 bits per heavy atom. The molecule has 5 aromatic rings. The summed E-state index contributed by atoms with van der Waals surface area (Å²) in [6, 6.07) is 24.1. The van der Waals surface area contributed by atoms with Crippen molar-refractivity contribution >= 4 is 33.5 Å². The Balaban J connectivity index is 1.43. The van der Waals surface area contributed by atoms with Gasteiger partial charge in [-0.05, 0) is 41.5 Å². The fourth-order valence-corrected chi connectivity index (χ4v) is 4.73. The molecule has 178 valence electrons. The fraction of sp³-hybridized carbons (Fsp3) is 0.214. The highest BCUT2D eigenvalue weighted by atomic mass is 16.2. The Morgan fingerprint density at radius 1 is 0.971 bits per heavy atom. The van der Waals surface area contributed by atoms with Crippen molar-refractivity contribution in [3.63, 3.8) is 0 Å². The number of fused-ring (bicyclic) bond motifs is 2. The van der Waals surface area contributed by atoms with E-state index in [0.717, 1.165) is 38.8 Å². The standard InChI is InChI=1S/C28H29N5O2/c1-31(2)20-14-12-19(13-15-20)22(23-17-29-24-9-5-4-8-21(23)24)16-30-27(34)18-33-26-11-7-6-10-25(26)32(3)28(33)35/h4-15,17,22,29H,16,18H2,1-3H3,(H,30,34). The number of aryl methyl sites for hydroxylation is 1. The summed E-state index contributed by atoms with van der Waals surface area (Å²) in [7, 11) is 5.76. The van der Waals surface area contributed by atoms with Crippen LogP contribution >= 0.6 is 0 Å². The molecule has 0 radical (unpaired) electrons. The Bertz CT molecular complexity index is 1560. The van der Waals surface area contributed by atoms with Gasteiger partial charge in [0.1, 0.15) is 6.54 Å². The van der Waals surface area contributed by atoms with E-state index in [-0.39, 0.29) is 24.1 Å². The number of carbonyl (C=O) groups is 1. The van der Waals surface area contributed by atoms with E-state index in [1.807, 2.05) is 56.7 Å². The SMILES string of the molecule is CN(C)c1ccc(C(CNC(=O)Cn2c(=O)n(C)c3ccccc32)c2c[nH]c3ccccc23)cc1. The van der Waals surface area contributed by atoms with Crippen LogP contribution in [0.4, 0.5) is 5.69 Å². The number of H-pyrrole nitrogens is 1. The van der Waals surface area contributed by atoms with Crippen LogP contribution in [0.3, 0.4) is 0 Å². The summed E-state index contributed by atoms with van der Waals surface area (Å²) in [6.07, 6.45) is 2.02. The maximum absolute atomic E-state index is 13.0. The van der Waals surface area contributed by atoms with Crippen LogP contribution in [0.1, 0.15) is 17.0 Å². The Hall–Kier alpha value is -4.26. The Kier molecular flexibility index (Phi) is 5.91. The number of hydrogen-bond donors (Lipinski definition) is 2. The van der Waals surface area contributed by atoms with Gasteiger partial charge in [-0.15, -0.1) is 0 Å². The molecule has 0 aliphatic carbocycles. The van der Waals surface area contributed by atoms with Crippen LogP contribution in [0.5, 0.6) is 0 Å². The molecule has 1 amide bonds. The number of carbonyl (C=O) groups excluding carboxylic acids is 1. The molecule has 7 nitrogen and oxygen atoms in total. The lowest BCUT2D eigenvalue weighted by molar-refractivity contribution is -0.121. The van der Waals surface area contributed by atoms with Crippen molar-refractivity contribution in [3.8, 4) is 0 Å². The number of aromatic amines is 1. The quantitative estimate of drug-likeness (QED) is 0.382. The van der Waals surface area contributed by atoms with Gasteiger partial charge < -0.3 is 15.2 Å². The maximum Gasteiger partial charge on any atom is 0.329 e. The zero-order chi connectivity index (χ0) is 24.5. The monoisotopic (exact) mass is 467 g/mol. The minimum Gasteiger partial charge on any atom is -0.378 e. The van der Waals surface area contributed by atoms with Crippen molar-refractivity contribution < 1.29 is 4.79 Å². The van der Waals surface area contributed by atoms with E-state index in [4.69, 9.17) is 0 Å². The minimum absolute atomic E-state index is 0.0274. The van der Waals surface area contributed by atoms with Gasteiger partial charge in [0.2, 0.25) is 5.91 Å². The lowest BCUT2D eigenvalue weighted by Gasteiger charge is -2.20. The molecule has 0 aliphatic heterocycles. The molecule has 35 heavy (non-hydrogen) atoms. The van der Waals surface area contributed by atoms with Crippen LogP contribution in [-0.2, 0) is 18.4 Å². The maximum atomic E-state index is 13.0. The first-order chi connectivity index (χ1) is 16.9. The predicted octanol–water partition coefficient (Wildman–Crippen LogP) is 3.84. The molecule has 0 saturated carbocycles. The molecular weight excluding hydrogens is 438 g/mol. The van der Waals surface area contributed by atoms with Crippen LogP contribution in [0.15, 0.2) is 83.8 Å². The minimum atomic E-state index is -0.200. The number of amides is 1. The lowest BCUT2D eigenvalue weighted by Crippen LogP contribution is -2.35. The van der Waals surface area contributed by atoms with E-state index in [0.29, 0.717) is 6.54 Å². The van der Waals surface area contributed by atoms with Gasteiger partial charge in [0, 0.05) is 56.4 Å². The first-order valence-electron chi connectivity index (χ1n) is 11.7. The first kappa shape index (κ1) is 22.5. The van der Waals surface area contributed by atoms with Crippen molar-refractivity contribution in [1.82, 2.24) is 19.4 Å². The average molecular weight is 468 g/mol. The van der Waals surface area contributed by atoms with Crippen LogP contribution in [0, 0.1) is 0 Å². The van der Waals surface area contributed by atoms with E-state index in [1.165, 1.54) is 4.57 Å². The average Bonchev–Trinajstić information content (AvgIpc) is 3.40. The highest BCUT2D eigenvalue weighted by Gasteiger charge is 2.20. The molecule has 2 aromatic heterocycles. The molecule has 0 spiro atoms. The smallest absolute Gasteiger partial charge is 0.329 e. The van der Waals surface area contributed by atoms with Crippen molar-refractivity contribution in [2.24, 2.45) is 7.05 Å². The van der Waals surface area contributed by atoms with Gasteiger partial charge in [0.15, 0.2) is 0 Å². The number of benzene rings is 3. The lowest BCUT2D eigenvalue weighted by atomic mass is 9.90. The highest BCUT2D eigenvalue weighted by molar-refractivity contribution is 5.85. The largest absolute Gasteiger partial charge is 0.378 e. The van der Waals surface area contributed by atoms with Gasteiger partial charge in [-0.2, -0.15) is 0 Å². The molecule has 2 N–H and O–H groups in total. The summed E-state index contributed by atoms with van der Waals surface area (Å²) >= 11 is 0. The topological polar surface area (TPSA) is 75.1 Å². The van der Waals surface area contributed by atoms with E-state index in [1.54, 1.807) is 11.6 Å². The van der Waals surface area contributed by atoms with E-state index in [9.17, 15) is 9.59 Å². The molecule has 0 fully saturated rings. The first-order valence-corrected chi connectivity index (χ1v) is 11.7. The molecule has 0 aliphatic rings. The number of para-hydroxylation sites is 3. The number of nitrogens with one attached hydrogen (secondary N) is 2. The number of aromatic nitrogens is 3. The number of rotatable bonds is 7. The second kappa shape index (κ2) is 9.18. The number of anilines is 1. The molecule has 1 atom stereocenters.